The van der Waals surface area contributed by atoms with Gasteiger partial charge in [0.1, 0.15) is 6.04 Å². The molecule has 60 valence electrons. The van der Waals surface area contributed by atoms with Gasteiger partial charge in [0.15, 0.2) is 0 Å². The number of hydrogen-bond acceptors (Lipinski definition) is 4. The first-order valence-corrected chi connectivity index (χ1v) is 3.13. The number of carbonyl (C=O) groups is 1. The molecule has 0 aliphatic carbocycles. The van der Waals surface area contributed by atoms with Gasteiger partial charge in [-0.2, -0.15) is 0 Å². The van der Waals surface area contributed by atoms with Crippen LogP contribution in [0.5, 0.6) is 0 Å². The van der Waals surface area contributed by atoms with Crippen molar-refractivity contribution in [3.05, 3.63) is 0 Å². The molecule has 1 atom stereocenters. The van der Waals surface area contributed by atoms with E-state index in [1.165, 1.54) is 7.11 Å². The molecule has 0 unspecified atom stereocenters. The molecule has 2 N–H and O–H groups in total. The Balaban J connectivity index is 3.41. The number of nitrogens with two attached hydrogens (primary N) is 1. The number of ether oxygens (including phenoxy) is 2. The van der Waals surface area contributed by atoms with Crippen molar-refractivity contribution in [2.75, 3.05) is 20.3 Å². The van der Waals surface area contributed by atoms with Crippen molar-refractivity contribution in [3.63, 3.8) is 0 Å². The van der Waals surface area contributed by atoms with Crippen LogP contribution in [0.3, 0.4) is 0 Å². The number of rotatable bonds is 4. The van der Waals surface area contributed by atoms with Crippen molar-refractivity contribution in [2.24, 2.45) is 5.73 Å². The molecule has 0 saturated carbocycles. The lowest BCUT2D eigenvalue weighted by atomic mass is 10.3. The summed E-state index contributed by atoms with van der Waals surface area (Å²) in [7, 11) is 1.30. The van der Waals surface area contributed by atoms with Crippen molar-refractivity contribution in [1.82, 2.24) is 0 Å². The van der Waals surface area contributed by atoms with E-state index in [0.29, 0.717) is 6.61 Å². The Morgan fingerprint density at radius 1 is 1.70 bits per heavy atom. The SMILES string of the molecule is CCOC[C@@H](N)C(=O)OC. The smallest absolute Gasteiger partial charge is 0.325 e. The first kappa shape index (κ1) is 9.39. The van der Waals surface area contributed by atoms with Crippen LogP contribution < -0.4 is 5.73 Å². The van der Waals surface area contributed by atoms with Crippen LogP contribution in [0.2, 0.25) is 0 Å². The number of carbonyl (C=O) groups excluding carboxylic acids is 1. The first-order chi connectivity index (χ1) is 4.72. The topological polar surface area (TPSA) is 61.5 Å². The van der Waals surface area contributed by atoms with Crippen LogP contribution >= 0.6 is 0 Å². The van der Waals surface area contributed by atoms with Crippen LogP contribution in [0.1, 0.15) is 6.92 Å². The van der Waals surface area contributed by atoms with E-state index in [-0.39, 0.29) is 6.61 Å². The Morgan fingerprint density at radius 2 is 2.30 bits per heavy atom. The molecule has 0 spiro atoms. The minimum absolute atomic E-state index is 0.225. The fraction of sp³-hybridized carbons (Fsp3) is 0.833. The highest BCUT2D eigenvalue weighted by molar-refractivity contribution is 5.75. The van der Waals surface area contributed by atoms with Crippen molar-refractivity contribution in [2.45, 2.75) is 13.0 Å². The molecule has 0 rings (SSSR count). The largest absolute Gasteiger partial charge is 0.468 e. The van der Waals surface area contributed by atoms with Gasteiger partial charge in [0.2, 0.25) is 0 Å². The van der Waals surface area contributed by atoms with Gasteiger partial charge in [0.25, 0.3) is 0 Å². The molecule has 0 saturated heterocycles. The van der Waals surface area contributed by atoms with Gasteiger partial charge in [-0.1, -0.05) is 0 Å². The second kappa shape index (κ2) is 5.20. The predicted octanol–water partition coefficient (Wildman–Crippen LogP) is -0.477. The standard InChI is InChI=1S/C6H13NO3/c1-3-10-4-5(7)6(8)9-2/h5H,3-4,7H2,1-2H3/t5-/m1/s1. The predicted molar refractivity (Wildman–Crippen MR) is 36.5 cm³/mol. The van der Waals surface area contributed by atoms with E-state index in [9.17, 15) is 4.79 Å². The second-order valence-electron chi connectivity index (χ2n) is 1.79. The Morgan fingerprint density at radius 3 is 2.70 bits per heavy atom. The van der Waals surface area contributed by atoms with E-state index in [0.717, 1.165) is 0 Å². The van der Waals surface area contributed by atoms with Gasteiger partial charge in [0.05, 0.1) is 13.7 Å². The Labute approximate surface area is 60.3 Å². The van der Waals surface area contributed by atoms with Crippen molar-refractivity contribution in [3.8, 4) is 0 Å². The highest BCUT2D eigenvalue weighted by atomic mass is 16.5. The van der Waals surface area contributed by atoms with Crippen LogP contribution in [-0.4, -0.2) is 32.3 Å². The molecule has 0 amide bonds. The summed E-state index contributed by atoms with van der Waals surface area (Å²) in [5.41, 5.74) is 5.31. The van der Waals surface area contributed by atoms with Crippen LogP contribution in [0.15, 0.2) is 0 Å². The molecule has 0 heterocycles. The molecular formula is C6H13NO3. The minimum atomic E-state index is -0.648. The van der Waals surface area contributed by atoms with E-state index in [1.54, 1.807) is 0 Å². The highest BCUT2D eigenvalue weighted by Gasteiger charge is 2.12. The number of esters is 1. The van der Waals surface area contributed by atoms with E-state index in [2.05, 4.69) is 4.74 Å². The fourth-order valence-corrected chi connectivity index (χ4v) is 0.464. The first-order valence-electron chi connectivity index (χ1n) is 3.13. The lowest BCUT2D eigenvalue weighted by Gasteiger charge is -2.07. The molecule has 10 heavy (non-hydrogen) atoms. The summed E-state index contributed by atoms with van der Waals surface area (Å²) < 4.78 is 9.26. The number of methoxy groups -OCH3 is 1. The third-order valence-electron chi connectivity index (χ3n) is 1.01. The minimum Gasteiger partial charge on any atom is -0.468 e. The molecule has 0 radical (unpaired) electrons. The third kappa shape index (κ3) is 3.42. The second-order valence-corrected chi connectivity index (χ2v) is 1.79. The van der Waals surface area contributed by atoms with Crippen LogP contribution in [0.25, 0.3) is 0 Å². The van der Waals surface area contributed by atoms with Crippen molar-refractivity contribution >= 4 is 5.97 Å². The molecule has 0 aromatic heterocycles. The van der Waals surface area contributed by atoms with Gasteiger partial charge in [-0.3, -0.25) is 4.79 Å². The lowest BCUT2D eigenvalue weighted by Crippen LogP contribution is -2.36. The summed E-state index contributed by atoms with van der Waals surface area (Å²) in [6.45, 7) is 2.62. The van der Waals surface area contributed by atoms with Gasteiger partial charge < -0.3 is 15.2 Å². The molecular weight excluding hydrogens is 134 g/mol. The summed E-state index contributed by atoms with van der Waals surface area (Å²) in [4.78, 5) is 10.6. The lowest BCUT2D eigenvalue weighted by molar-refractivity contribution is -0.143. The molecule has 0 aromatic rings. The van der Waals surface area contributed by atoms with Crippen LogP contribution in [-0.2, 0) is 14.3 Å². The zero-order chi connectivity index (χ0) is 7.98. The van der Waals surface area contributed by atoms with Gasteiger partial charge in [-0.15, -0.1) is 0 Å². The molecule has 4 nitrogen and oxygen atoms in total. The van der Waals surface area contributed by atoms with Crippen LogP contribution in [0, 0.1) is 0 Å². The van der Waals surface area contributed by atoms with Gasteiger partial charge in [-0.05, 0) is 6.92 Å². The normalized spacial score (nSPS) is 12.7. The van der Waals surface area contributed by atoms with Crippen molar-refractivity contribution < 1.29 is 14.3 Å². The van der Waals surface area contributed by atoms with E-state index >= 15 is 0 Å². The number of hydrogen-bond donors (Lipinski definition) is 1. The zero-order valence-electron chi connectivity index (χ0n) is 6.29. The molecule has 0 bridgehead atoms. The third-order valence-corrected chi connectivity index (χ3v) is 1.01. The summed E-state index contributed by atoms with van der Waals surface area (Å²) in [6, 6.07) is -0.648. The average molecular weight is 147 g/mol. The van der Waals surface area contributed by atoms with Gasteiger partial charge in [-0.25, -0.2) is 0 Å². The molecule has 0 aliphatic rings. The molecule has 0 aliphatic heterocycles. The molecule has 0 fully saturated rings. The van der Waals surface area contributed by atoms with Crippen LogP contribution in [0.4, 0.5) is 0 Å². The summed E-state index contributed by atoms with van der Waals surface area (Å²) in [6.07, 6.45) is 0. The van der Waals surface area contributed by atoms with Gasteiger partial charge in [0, 0.05) is 6.61 Å². The molecule has 0 aromatic carbocycles. The Kier molecular flexibility index (Phi) is 4.88. The summed E-state index contributed by atoms with van der Waals surface area (Å²) >= 11 is 0. The maximum absolute atomic E-state index is 10.6. The maximum Gasteiger partial charge on any atom is 0.325 e. The Hall–Kier alpha value is -0.610. The zero-order valence-corrected chi connectivity index (χ0v) is 6.29. The average Bonchev–Trinajstić information content (AvgIpc) is 1.98. The summed E-state index contributed by atoms with van der Waals surface area (Å²) in [5.74, 6) is -0.437. The van der Waals surface area contributed by atoms with Crippen molar-refractivity contribution in [1.29, 1.82) is 0 Å². The van der Waals surface area contributed by atoms with Gasteiger partial charge >= 0.3 is 5.97 Å². The monoisotopic (exact) mass is 147 g/mol. The maximum atomic E-state index is 10.6. The quantitative estimate of drug-likeness (QED) is 0.546. The Bertz CT molecular complexity index is 105. The van der Waals surface area contributed by atoms with E-state index in [4.69, 9.17) is 10.5 Å². The molecule has 4 heteroatoms. The van der Waals surface area contributed by atoms with E-state index < -0.39 is 12.0 Å². The van der Waals surface area contributed by atoms with E-state index in [1.807, 2.05) is 6.92 Å². The fourth-order valence-electron chi connectivity index (χ4n) is 0.464. The summed E-state index contributed by atoms with van der Waals surface area (Å²) in [5, 5.41) is 0. The highest BCUT2D eigenvalue weighted by Crippen LogP contribution is 1.84.